The summed E-state index contributed by atoms with van der Waals surface area (Å²) in [5.74, 6) is -4.15. The van der Waals surface area contributed by atoms with E-state index in [1.165, 1.54) is 0 Å². The van der Waals surface area contributed by atoms with Gasteiger partial charge in [0.05, 0.1) is 23.6 Å². The molecule has 33 heavy (non-hydrogen) atoms. The molecule has 1 amide bonds. The maximum absolute atomic E-state index is 14.0. The minimum absolute atomic E-state index is 0.0928. The topological polar surface area (TPSA) is 68.3 Å². The van der Waals surface area contributed by atoms with Crippen molar-refractivity contribution in [2.24, 2.45) is 7.05 Å². The summed E-state index contributed by atoms with van der Waals surface area (Å²) in [5, 5.41) is 8.76. The third-order valence-corrected chi connectivity index (χ3v) is 6.64. The van der Waals surface area contributed by atoms with Crippen molar-refractivity contribution >= 4 is 11.6 Å². The summed E-state index contributed by atoms with van der Waals surface area (Å²) in [7, 11) is 1.69. The normalized spacial score (nSPS) is 19.7. The number of piperidine rings is 1. The number of hydrogen-bond acceptors (Lipinski definition) is 4. The molecule has 0 N–H and O–H groups in total. The van der Waals surface area contributed by atoms with Crippen molar-refractivity contribution < 1.29 is 18.0 Å². The number of carbonyl (C=O) groups is 1. The van der Waals surface area contributed by atoms with Crippen molar-refractivity contribution in [1.29, 1.82) is 0 Å². The first-order chi connectivity index (χ1) is 15.9. The fraction of sp³-hybridized carbons (Fsp3) is 0.304. The second-order valence-corrected chi connectivity index (χ2v) is 8.55. The molecule has 7 nitrogen and oxygen atoms in total. The lowest BCUT2D eigenvalue weighted by Crippen LogP contribution is -2.50. The molecule has 0 unspecified atom stereocenters. The minimum atomic E-state index is -1.49. The van der Waals surface area contributed by atoms with Gasteiger partial charge in [0.1, 0.15) is 5.69 Å². The van der Waals surface area contributed by atoms with Gasteiger partial charge < -0.3 is 4.90 Å². The van der Waals surface area contributed by atoms with Gasteiger partial charge in [0.2, 0.25) is 0 Å². The van der Waals surface area contributed by atoms with E-state index in [9.17, 15) is 18.0 Å². The van der Waals surface area contributed by atoms with Gasteiger partial charge in [-0.3, -0.25) is 9.48 Å². The number of hydrogen-bond donors (Lipinski definition) is 0. The number of amides is 1. The van der Waals surface area contributed by atoms with Crippen molar-refractivity contribution in [3.63, 3.8) is 0 Å². The number of halogens is 3. The number of fused-ring (bicyclic) bond motifs is 5. The van der Waals surface area contributed by atoms with Gasteiger partial charge in [-0.1, -0.05) is 0 Å². The second kappa shape index (κ2) is 7.16. The summed E-state index contributed by atoms with van der Waals surface area (Å²) in [6.07, 6.45) is 6.30. The lowest BCUT2D eigenvalue weighted by molar-refractivity contribution is 0.0386. The zero-order chi connectivity index (χ0) is 22.9. The predicted octanol–water partition coefficient (Wildman–Crippen LogP) is 3.84. The van der Waals surface area contributed by atoms with Crippen LogP contribution in [0.1, 0.15) is 47.1 Å². The molecule has 10 heteroatoms. The van der Waals surface area contributed by atoms with E-state index in [-0.39, 0.29) is 23.6 Å². The van der Waals surface area contributed by atoms with Crippen LogP contribution >= 0.6 is 0 Å². The molecular formula is C23H19F3N6O. The molecular weight excluding hydrogens is 433 g/mol. The van der Waals surface area contributed by atoms with Crippen LogP contribution in [0.3, 0.4) is 0 Å². The smallest absolute Gasteiger partial charge is 0.273 e. The van der Waals surface area contributed by atoms with Gasteiger partial charge in [0.15, 0.2) is 23.1 Å². The molecule has 1 saturated heterocycles. The Morgan fingerprint density at radius 2 is 1.91 bits per heavy atom. The molecule has 1 aromatic carbocycles. The summed E-state index contributed by atoms with van der Waals surface area (Å²) in [6.45, 7) is 0. The average molecular weight is 452 g/mol. The van der Waals surface area contributed by atoms with Crippen LogP contribution in [0.4, 0.5) is 13.2 Å². The van der Waals surface area contributed by atoms with Crippen LogP contribution in [0.15, 0.2) is 36.7 Å². The molecule has 0 spiro atoms. The second-order valence-electron chi connectivity index (χ2n) is 8.55. The number of nitrogens with zero attached hydrogens (tertiary/aromatic N) is 6. The maximum atomic E-state index is 14.0. The molecule has 0 aliphatic carbocycles. The lowest BCUT2D eigenvalue weighted by atomic mass is 9.81. The third kappa shape index (κ3) is 2.96. The summed E-state index contributed by atoms with van der Waals surface area (Å²) in [4.78, 5) is 19.8. The number of benzene rings is 1. The van der Waals surface area contributed by atoms with Crippen LogP contribution in [0.2, 0.25) is 0 Å². The fourth-order valence-electron chi connectivity index (χ4n) is 5.27. The van der Waals surface area contributed by atoms with E-state index in [1.54, 1.807) is 40.8 Å². The van der Waals surface area contributed by atoms with Crippen molar-refractivity contribution in [3.8, 4) is 11.3 Å². The van der Waals surface area contributed by atoms with Gasteiger partial charge in [-0.15, -0.1) is 0 Å². The Bertz CT molecular complexity index is 1400. The summed E-state index contributed by atoms with van der Waals surface area (Å²) >= 11 is 0. The van der Waals surface area contributed by atoms with Gasteiger partial charge >= 0.3 is 0 Å². The number of aromatic nitrogens is 5. The molecule has 2 bridgehead atoms. The first-order valence-corrected chi connectivity index (χ1v) is 10.8. The third-order valence-electron chi connectivity index (χ3n) is 6.64. The molecule has 4 aromatic rings. The van der Waals surface area contributed by atoms with Crippen molar-refractivity contribution in [3.05, 3.63) is 71.1 Å². The highest BCUT2D eigenvalue weighted by atomic mass is 19.2. The molecule has 0 radical (unpaired) electrons. The molecule has 2 aliphatic heterocycles. The molecule has 2 aliphatic rings. The SMILES string of the molecule is Cn1nc2c(c1-c1cc(F)c(F)c(F)c1)C[C@H]1CCC[C@@H]2N1C(=O)c1ccn2nccc2n1. The maximum Gasteiger partial charge on any atom is 0.273 e. The van der Waals surface area contributed by atoms with Gasteiger partial charge in [0, 0.05) is 36.5 Å². The van der Waals surface area contributed by atoms with Gasteiger partial charge in [-0.05, 0) is 43.9 Å². The Morgan fingerprint density at radius 1 is 1.12 bits per heavy atom. The molecule has 1 fully saturated rings. The standard InChI is InChI=1S/C23H19F3N6O/c1-30-22(12-9-15(24)20(26)16(25)10-12)14-11-13-3-2-4-18(21(14)29-30)32(13)23(33)17-6-8-31-19(28-17)5-7-27-31/h5-10,13,18H,2-4,11H2,1H3/t13-,18+/m1/s1. The van der Waals surface area contributed by atoms with Crippen LogP contribution < -0.4 is 0 Å². The van der Waals surface area contributed by atoms with Crippen molar-refractivity contribution in [2.75, 3.05) is 0 Å². The zero-order valence-electron chi connectivity index (χ0n) is 17.7. The monoisotopic (exact) mass is 452 g/mol. The number of aryl methyl sites for hydroxylation is 1. The summed E-state index contributed by atoms with van der Waals surface area (Å²) < 4.78 is 44.6. The highest BCUT2D eigenvalue weighted by Crippen LogP contribution is 2.45. The quantitative estimate of drug-likeness (QED) is 0.434. The van der Waals surface area contributed by atoms with Crippen molar-refractivity contribution in [2.45, 2.75) is 37.8 Å². The van der Waals surface area contributed by atoms with E-state index in [0.29, 0.717) is 29.1 Å². The largest absolute Gasteiger partial charge is 0.325 e. The first kappa shape index (κ1) is 20.0. The van der Waals surface area contributed by atoms with Crippen LogP contribution in [0.25, 0.3) is 16.9 Å². The molecule has 5 heterocycles. The summed E-state index contributed by atoms with van der Waals surface area (Å²) in [5.41, 5.74) is 3.26. The molecule has 2 atom stereocenters. The molecule has 168 valence electrons. The Labute approximate surface area is 186 Å². The Hall–Kier alpha value is -3.69. The Morgan fingerprint density at radius 3 is 2.70 bits per heavy atom. The van der Waals surface area contributed by atoms with Crippen molar-refractivity contribution in [1.82, 2.24) is 29.3 Å². The number of carbonyl (C=O) groups excluding carboxylic acids is 1. The molecule has 3 aromatic heterocycles. The Kier molecular flexibility index (Phi) is 4.33. The average Bonchev–Trinajstić information content (AvgIpc) is 3.39. The van der Waals surface area contributed by atoms with Gasteiger partial charge in [0.25, 0.3) is 5.91 Å². The van der Waals surface area contributed by atoms with E-state index in [4.69, 9.17) is 0 Å². The zero-order valence-corrected chi connectivity index (χ0v) is 17.7. The highest BCUT2D eigenvalue weighted by molar-refractivity contribution is 5.93. The minimum Gasteiger partial charge on any atom is -0.325 e. The molecule has 6 rings (SSSR count). The lowest BCUT2D eigenvalue weighted by Gasteiger charge is -2.45. The van der Waals surface area contributed by atoms with Crippen LogP contribution in [0.5, 0.6) is 0 Å². The first-order valence-electron chi connectivity index (χ1n) is 10.8. The molecule has 0 saturated carbocycles. The van der Waals surface area contributed by atoms with Crippen LogP contribution in [-0.2, 0) is 13.5 Å². The van der Waals surface area contributed by atoms with E-state index in [0.717, 1.165) is 37.0 Å². The Balaban J connectivity index is 1.43. The highest BCUT2D eigenvalue weighted by Gasteiger charge is 2.44. The fourth-order valence-corrected chi connectivity index (χ4v) is 5.27. The van der Waals surface area contributed by atoms with E-state index < -0.39 is 17.5 Å². The summed E-state index contributed by atoms with van der Waals surface area (Å²) in [6, 6.07) is 5.02. The van der Waals surface area contributed by atoms with E-state index in [2.05, 4.69) is 15.2 Å². The van der Waals surface area contributed by atoms with Gasteiger partial charge in [-0.2, -0.15) is 10.2 Å². The predicted molar refractivity (Wildman–Crippen MR) is 112 cm³/mol. The van der Waals surface area contributed by atoms with Crippen LogP contribution in [0, 0.1) is 17.5 Å². The van der Waals surface area contributed by atoms with E-state index in [1.807, 2.05) is 4.90 Å². The van der Waals surface area contributed by atoms with Gasteiger partial charge in [-0.25, -0.2) is 22.7 Å². The van der Waals surface area contributed by atoms with E-state index >= 15 is 0 Å². The van der Waals surface area contributed by atoms with Crippen LogP contribution in [-0.4, -0.2) is 41.2 Å². The number of rotatable bonds is 2.